The van der Waals surface area contributed by atoms with Crippen LogP contribution in [0.3, 0.4) is 0 Å². The van der Waals surface area contributed by atoms with Gasteiger partial charge in [0.15, 0.2) is 0 Å². The second-order valence-electron chi connectivity index (χ2n) is 9.16. The number of unbranched alkanes of at least 4 members (excludes halogenated alkanes) is 1. The molecule has 0 aromatic heterocycles. The molecule has 0 fully saturated rings. The molecule has 0 heterocycles. The molecule has 12 nitrogen and oxygen atoms in total. The van der Waals surface area contributed by atoms with Gasteiger partial charge >= 0.3 is 5.97 Å². The van der Waals surface area contributed by atoms with E-state index in [2.05, 4.69) is 16.0 Å². The topological polar surface area (TPSA) is 217 Å². The molecule has 10 N–H and O–H groups in total. The van der Waals surface area contributed by atoms with Gasteiger partial charge in [-0.3, -0.25) is 14.4 Å². The van der Waals surface area contributed by atoms with E-state index in [0.29, 0.717) is 24.9 Å². The van der Waals surface area contributed by atoms with Crippen molar-refractivity contribution in [3.05, 3.63) is 65.7 Å². The van der Waals surface area contributed by atoms with Gasteiger partial charge in [0.2, 0.25) is 17.7 Å². The van der Waals surface area contributed by atoms with Gasteiger partial charge < -0.3 is 42.7 Å². The highest BCUT2D eigenvalue weighted by atomic mass is 16.4. The van der Waals surface area contributed by atoms with Gasteiger partial charge in [-0.1, -0.05) is 42.5 Å². The molecular weight excluding hydrogens is 506 g/mol. The lowest BCUT2D eigenvalue weighted by atomic mass is 10.0. The Hall–Kier alpha value is -4.00. The highest BCUT2D eigenvalue weighted by molar-refractivity contribution is 5.94. The van der Waals surface area contributed by atoms with Crippen LogP contribution in [0.2, 0.25) is 0 Å². The molecule has 2 rings (SSSR count). The number of aliphatic hydroxyl groups excluding tert-OH is 1. The number of carbonyl (C=O) groups is 4. The Balaban J connectivity index is 2.13. The Labute approximate surface area is 226 Å². The number of phenolic OH excluding ortho intramolecular Hbond substituents is 1. The molecule has 4 unspecified atom stereocenters. The molecule has 0 saturated heterocycles. The number of amides is 3. The van der Waals surface area contributed by atoms with Crippen LogP contribution in [0.1, 0.15) is 30.4 Å². The zero-order valence-electron chi connectivity index (χ0n) is 21.6. The fourth-order valence-electron chi connectivity index (χ4n) is 3.81. The Bertz CT molecular complexity index is 1080. The Morgan fingerprint density at radius 3 is 1.90 bits per heavy atom. The van der Waals surface area contributed by atoms with Crippen LogP contribution in [0, 0.1) is 0 Å². The first kappa shape index (κ1) is 31.2. The average molecular weight is 544 g/mol. The fraction of sp³-hybridized carbons (Fsp3) is 0.407. The van der Waals surface area contributed by atoms with Gasteiger partial charge in [0.05, 0.1) is 12.6 Å². The van der Waals surface area contributed by atoms with E-state index in [1.54, 1.807) is 36.4 Å². The minimum atomic E-state index is -1.41. The van der Waals surface area contributed by atoms with E-state index < -0.39 is 54.5 Å². The highest BCUT2D eigenvalue weighted by Crippen LogP contribution is 2.12. The summed E-state index contributed by atoms with van der Waals surface area (Å²) in [4.78, 5) is 50.4. The second kappa shape index (κ2) is 16.1. The highest BCUT2D eigenvalue weighted by Gasteiger charge is 2.30. The van der Waals surface area contributed by atoms with E-state index in [1.807, 2.05) is 6.07 Å². The summed E-state index contributed by atoms with van der Waals surface area (Å²) in [7, 11) is 0. The van der Waals surface area contributed by atoms with Crippen LogP contribution in [-0.4, -0.2) is 76.3 Å². The standard InChI is InChI=1S/C27H37N5O7/c28-13-5-4-8-21(27(38)39)30-25(36)22(15-18-9-11-19(34)12-10-18)31-26(37)23(16-33)32-24(35)20(29)14-17-6-2-1-3-7-17/h1-3,6-7,9-12,20-23,33-34H,4-5,8,13-16,28-29H2,(H,30,36)(H,31,37)(H,32,35)(H,38,39). The molecule has 0 aliphatic rings. The van der Waals surface area contributed by atoms with E-state index in [9.17, 15) is 34.5 Å². The predicted octanol–water partition coefficient (Wildman–Crippen LogP) is -0.835. The fourth-order valence-corrected chi connectivity index (χ4v) is 3.81. The number of aromatic hydroxyl groups is 1. The minimum absolute atomic E-state index is 0.00419. The summed E-state index contributed by atoms with van der Waals surface area (Å²) in [5, 5.41) is 36.2. The number of hydrogen-bond donors (Lipinski definition) is 8. The van der Waals surface area contributed by atoms with Crippen molar-refractivity contribution < 1.29 is 34.5 Å². The molecule has 12 heteroatoms. The van der Waals surface area contributed by atoms with E-state index in [0.717, 1.165) is 5.56 Å². The number of benzene rings is 2. The maximum atomic E-state index is 13.1. The zero-order valence-corrected chi connectivity index (χ0v) is 21.6. The maximum absolute atomic E-state index is 13.1. The lowest BCUT2D eigenvalue weighted by Crippen LogP contribution is -2.58. The van der Waals surface area contributed by atoms with Crippen LogP contribution in [0.15, 0.2) is 54.6 Å². The first-order valence-corrected chi connectivity index (χ1v) is 12.7. The molecule has 212 valence electrons. The predicted molar refractivity (Wildman–Crippen MR) is 143 cm³/mol. The zero-order chi connectivity index (χ0) is 28.8. The number of hydrogen-bond acceptors (Lipinski definition) is 8. The lowest BCUT2D eigenvalue weighted by molar-refractivity contribution is -0.142. The van der Waals surface area contributed by atoms with Gasteiger partial charge in [0.25, 0.3) is 0 Å². The Morgan fingerprint density at radius 1 is 0.744 bits per heavy atom. The summed E-state index contributed by atoms with van der Waals surface area (Å²) >= 11 is 0. The van der Waals surface area contributed by atoms with Crippen molar-refractivity contribution in [3.8, 4) is 5.75 Å². The van der Waals surface area contributed by atoms with Crippen LogP contribution in [-0.2, 0) is 32.0 Å². The SMILES string of the molecule is NCCCCC(NC(=O)C(Cc1ccc(O)cc1)NC(=O)C(CO)NC(=O)C(N)Cc1ccccc1)C(=O)O. The minimum Gasteiger partial charge on any atom is -0.508 e. The number of nitrogens with two attached hydrogens (primary N) is 2. The molecule has 4 atom stereocenters. The molecule has 2 aromatic carbocycles. The molecule has 0 aliphatic carbocycles. The molecule has 2 aromatic rings. The third-order valence-electron chi connectivity index (χ3n) is 6.02. The molecule has 0 saturated carbocycles. The molecule has 0 bridgehead atoms. The molecule has 0 aliphatic heterocycles. The Morgan fingerprint density at radius 2 is 1.31 bits per heavy atom. The number of carboxylic acid groups (broad SMARTS) is 1. The largest absolute Gasteiger partial charge is 0.508 e. The van der Waals surface area contributed by atoms with Crippen LogP contribution in [0.25, 0.3) is 0 Å². The summed E-state index contributed by atoms with van der Waals surface area (Å²) < 4.78 is 0. The number of aliphatic hydroxyl groups is 1. The van der Waals surface area contributed by atoms with Crippen molar-refractivity contribution in [1.82, 2.24) is 16.0 Å². The van der Waals surface area contributed by atoms with Gasteiger partial charge in [0.1, 0.15) is 23.9 Å². The summed E-state index contributed by atoms with van der Waals surface area (Å²) in [6, 6.07) is 10.1. The number of nitrogens with one attached hydrogen (secondary N) is 3. The van der Waals surface area contributed by atoms with Gasteiger partial charge in [-0.25, -0.2) is 4.79 Å². The van der Waals surface area contributed by atoms with Crippen molar-refractivity contribution in [2.45, 2.75) is 56.3 Å². The van der Waals surface area contributed by atoms with Gasteiger partial charge in [0, 0.05) is 6.42 Å². The first-order valence-electron chi connectivity index (χ1n) is 12.7. The summed E-state index contributed by atoms with van der Waals surface area (Å²) in [5.41, 5.74) is 12.8. The quantitative estimate of drug-likeness (QED) is 0.124. The third-order valence-corrected chi connectivity index (χ3v) is 6.02. The third kappa shape index (κ3) is 10.7. The number of phenols is 1. The molecule has 0 radical (unpaired) electrons. The second-order valence-corrected chi connectivity index (χ2v) is 9.16. The van der Waals surface area contributed by atoms with Crippen molar-refractivity contribution >= 4 is 23.7 Å². The van der Waals surface area contributed by atoms with Gasteiger partial charge in [-0.2, -0.15) is 0 Å². The van der Waals surface area contributed by atoms with Crippen molar-refractivity contribution in [1.29, 1.82) is 0 Å². The van der Waals surface area contributed by atoms with Crippen LogP contribution in [0.4, 0.5) is 0 Å². The van der Waals surface area contributed by atoms with E-state index in [1.165, 1.54) is 12.1 Å². The lowest BCUT2D eigenvalue weighted by Gasteiger charge is -2.24. The molecular formula is C27H37N5O7. The van der Waals surface area contributed by atoms with Crippen molar-refractivity contribution in [3.63, 3.8) is 0 Å². The van der Waals surface area contributed by atoms with Crippen molar-refractivity contribution in [2.24, 2.45) is 11.5 Å². The Kier molecular flexibility index (Phi) is 12.9. The van der Waals surface area contributed by atoms with Gasteiger partial charge in [-0.15, -0.1) is 0 Å². The van der Waals surface area contributed by atoms with Gasteiger partial charge in [-0.05, 0) is 55.5 Å². The van der Waals surface area contributed by atoms with Crippen molar-refractivity contribution in [2.75, 3.05) is 13.2 Å². The molecule has 39 heavy (non-hydrogen) atoms. The monoisotopic (exact) mass is 543 g/mol. The normalized spacial score (nSPS) is 13.9. The summed E-state index contributed by atoms with van der Waals surface area (Å²) in [5.74, 6) is -3.52. The number of aliphatic carboxylic acids is 1. The van der Waals surface area contributed by atoms with Crippen LogP contribution < -0.4 is 27.4 Å². The maximum Gasteiger partial charge on any atom is 0.326 e. The molecule has 3 amide bonds. The van der Waals surface area contributed by atoms with Crippen LogP contribution in [0.5, 0.6) is 5.75 Å². The summed E-state index contributed by atoms with van der Waals surface area (Å²) in [6.45, 7) is -0.386. The first-order chi connectivity index (χ1) is 18.6. The van der Waals surface area contributed by atoms with E-state index in [-0.39, 0.29) is 25.0 Å². The molecule has 0 spiro atoms. The number of carboxylic acids is 1. The van der Waals surface area contributed by atoms with Crippen LogP contribution >= 0.6 is 0 Å². The smallest absolute Gasteiger partial charge is 0.326 e. The summed E-state index contributed by atoms with van der Waals surface area (Å²) in [6.07, 6.45) is 1.36. The average Bonchev–Trinajstić information content (AvgIpc) is 2.92. The number of rotatable bonds is 16. The van der Waals surface area contributed by atoms with E-state index >= 15 is 0 Å². The van der Waals surface area contributed by atoms with E-state index in [4.69, 9.17) is 11.5 Å². The number of carbonyl (C=O) groups excluding carboxylic acids is 3.